The average Bonchev–Trinajstić information content (AvgIpc) is 2.88. The van der Waals surface area contributed by atoms with Crippen LogP contribution >= 0.6 is 0 Å². The lowest BCUT2D eigenvalue weighted by molar-refractivity contribution is -0.187. The quantitative estimate of drug-likeness (QED) is 0.698. The zero-order chi connectivity index (χ0) is 16.8. The fraction of sp³-hybridized carbons (Fsp3) is 0.846. The fourth-order valence-corrected chi connectivity index (χ4v) is 2.33. The predicted molar refractivity (Wildman–Crippen MR) is 71.4 cm³/mol. The molecule has 9 heteroatoms. The van der Waals surface area contributed by atoms with Crippen molar-refractivity contribution in [3.05, 3.63) is 0 Å². The van der Waals surface area contributed by atoms with Gasteiger partial charge in [-0.05, 0) is 19.8 Å². The first-order chi connectivity index (χ1) is 10.3. The van der Waals surface area contributed by atoms with Crippen LogP contribution in [0.2, 0.25) is 0 Å². The first-order valence-electron chi connectivity index (χ1n) is 7.17. The number of hydrogen-bond acceptors (Lipinski definition) is 3. The lowest BCUT2D eigenvalue weighted by atomic mass is 9.96. The summed E-state index contributed by atoms with van der Waals surface area (Å²) in [5.41, 5.74) is 0. The topological polar surface area (TPSA) is 78.9 Å². The third kappa shape index (κ3) is 5.36. The number of alkyl halides is 3. The van der Waals surface area contributed by atoms with E-state index in [4.69, 9.17) is 9.84 Å². The molecular formula is C13H21F3N2O4. The minimum absolute atomic E-state index is 0.316. The molecule has 1 fully saturated rings. The number of urea groups is 1. The van der Waals surface area contributed by atoms with Crippen molar-refractivity contribution in [2.24, 2.45) is 11.8 Å². The van der Waals surface area contributed by atoms with E-state index in [0.29, 0.717) is 26.2 Å². The Kier molecular flexibility index (Phi) is 6.92. The van der Waals surface area contributed by atoms with Crippen molar-refractivity contribution in [2.75, 3.05) is 32.8 Å². The Morgan fingerprint density at radius 3 is 2.50 bits per heavy atom. The van der Waals surface area contributed by atoms with Gasteiger partial charge < -0.3 is 20.1 Å². The summed E-state index contributed by atoms with van der Waals surface area (Å²) in [7, 11) is 0. The molecular weight excluding hydrogens is 305 g/mol. The monoisotopic (exact) mass is 326 g/mol. The zero-order valence-electron chi connectivity index (χ0n) is 12.4. The molecule has 1 aliphatic rings. The first kappa shape index (κ1) is 18.5. The van der Waals surface area contributed by atoms with Crippen LogP contribution in [-0.4, -0.2) is 61.0 Å². The molecule has 1 heterocycles. The standard InChI is InChI=1S/C13H21F3N2O4/c1-2-22-6-4-3-5-17-12(21)18-7-9(11(19)20)10(8-18)13(14,15)16/h9-10H,2-8H2,1H3,(H,17,21)(H,19,20)/t9-,10-/m1/s1. The van der Waals surface area contributed by atoms with Gasteiger partial charge in [0.25, 0.3) is 0 Å². The molecule has 2 atom stereocenters. The lowest BCUT2D eigenvalue weighted by Gasteiger charge is -2.18. The van der Waals surface area contributed by atoms with Crippen LogP contribution in [0.5, 0.6) is 0 Å². The maximum atomic E-state index is 12.8. The van der Waals surface area contributed by atoms with E-state index in [1.54, 1.807) is 0 Å². The van der Waals surface area contributed by atoms with Gasteiger partial charge in [-0.15, -0.1) is 0 Å². The highest BCUT2D eigenvalue weighted by atomic mass is 19.4. The van der Waals surface area contributed by atoms with Crippen molar-refractivity contribution in [3.8, 4) is 0 Å². The van der Waals surface area contributed by atoms with E-state index < -0.39 is 43.1 Å². The van der Waals surface area contributed by atoms with Crippen LogP contribution in [0.15, 0.2) is 0 Å². The van der Waals surface area contributed by atoms with Gasteiger partial charge in [-0.1, -0.05) is 0 Å². The van der Waals surface area contributed by atoms with Crippen LogP contribution in [-0.2, 0) is 9.53 Å². The molecule has 0 radical (unpaired) electrons. The number of likely N-dealkylation sites (tertiary alicyclic amines) is 1. The number of unbranched alkanes of at least 4 members (excludes halogenated alkanes) is 1. The molecule has 0 aromatic heterocycles. The number of hydrogen-bond donors (Lipinski definition) is 2. The maximum Gasteiger partial charge on any atom is 0.394 e. The number of ether oxygens (including phenoxy) is 1. The highest BCUT2D eigenvalue weighted by molar-refractivity contribution is 5.77. The molecule has 0 spiro atoms. The van der Waals surface area contributed by atoms with Gasteiger partial charge >= 0.3 is 18.2 Å². The second kappa shape index (κ2) is 8.21. The summed E-state index contributed by atoms with van der Waals surface area (Å²) < 4.78 is 43.5. The van der Waals surface area contributed by atoms with Crippen molar-refractivity contribution in [3.63, 3.8) is 0 Å². The van der Waals surface area contributed by atoms with Gasteiger partial charge in [0.2, 0.25) is 0 Å². The molecule has 6 nitrogen and oxygen atoms in total. The van der Waals surface area contributed by atoms with Crippen molar-refractivity contribution < 1.29 is 32.6 Å². The van der Waals surface area contributed by atoms with E-state index in [2.05, 4.69) is 5.32 Å². The molecule has 0 aromatic rings. The van der Waals surface area contributed by atoms with E-state index in [9.17, 15) is 22.8 Å². The number of nitrogens with zero attached hydrogens (tertiary/aromatic N) is 1. The number of aliphatic carboxylic acids is 1. The summed E-state index contributed by atoms with van der Waals surface area (Å²) in [5, 5.41) is 11.4. The lowest BCUT2D eigenvalue weighted by Crippen LogP contribution is -2.40. The number of carbonyl (C=O) groups excluding carboxylic acids is 1. The van der Waals surface area contributed by atoms with Crippen LogP contribution in [0.25, 0.3) is 0 Å². The minimum Gasteiger partial charge on any atom is -0.481 e. The smallest absolute Gasteiger partial charge is 0.394 e. The van der Waals surface area contributed by atoms with Gasteiger partial charge in [0.05, 0.1) is 11.8 Å². The van der Waals surface area contributed by atoms with Gasteiger partial charge in [0.1, 0.15) is 0 Å². The Bertz CT molecular complexity index is 390. The number of carboxylic acid groups (broad SMARTS) is 1. The average molecular weight is 326 g/mol. The molecule has 0 bridgehead atoms. The highest BCUT2D eigenvalue weighted by Gasteiger charge is 2.53. The number of nitrogens with one attached hydrogen (secondary N) is 1. The van der Waals surface area contributed by atoms with Crippen LogP contribution in [0.4, 0.5) is 18.0 Å². The number of amides is 2. The van der Waals surface area contributed by atoms with Gasteiger partial charge in [-0.25, -0.2) is 4.79 Å². The molecule has 2 amide bonds. The van der Waals surface area contributed by atoms with Crippen LogP contribution in [0.1, 0.15) is 19.8 Å². The summed E-state index contributed by atoms with van der Waals surface area (Å²) >= 11 is 0. The van der Waals surface area contributed by atoms with Crippen molar-refractivity contribution >= 4 is 12.0 Å². The predicted octanol–water partition coefficient (Wildman–Crippen LogP) is 1.71. The fourth-order valence-electron chi connectivity index (χ4n) is 2.33. The zero-order valence-corrected chi connectivity index (χ0v) is 12.4. The van der Waals surface area contributed by atoms with E-state index in [0.717, 1.165) is 11.3 Å². The molecule has 1 aliphatic heterocycles. The number of rotatable bonds is 7. The molecule has 0 unspecified atom stereocenters. The molecule has 128 valence electrons. The van der Waals surface area contributed by atoms with Crippen LogP contribution in [0, 0.1) is 11.8 Å². The van der Waals surface area contributed by atoms with Crippen molar-refractivity contribution in [1.82, 2.24) is 10.2 Å². The van der Waals surface area contributed by atoms with E-state index >= 15 is 0 Å². The molecule has 2 N–H and O–H groups in total. The SMILES string of the molecule is CCOCCCCNC(=O)N1C[C@@H](C(F)(F)F)[C@H](C(=O)O)C1. The maximum absolute atomic E-state index is 12.8. The van der Waals surface area contributed by atoms with E-state index in [1.165, 1.54) is 0 Å². The minimum atomic E-state index is -4.63. The second-order valence-corrected chi connectivity index (χ2v) is 5.13. The number of carboxylic acids is 1. The van der Waals surface area contributed by atoms with Gasteiger partial charge in [0.15, 0.2) is 0 Å². The van der Waals surface area contributed by atoms with Crippen LogP contribution < -0.4 is 5.32 Å². The third-order valence-electron chi connectivity index (χ3n) is 3.54. The van der Waals surface area contributed by atoms with Crippen molar-refractivity contribution in [2.45, 2.75) is 25.9 Å². The second-order valence-electron chi connectivity index (χ2n) is 5.13. The van der Waals surface area contributed by atoms with Crippen LogP contribution in [0.3, 0.4) is 0 Å². The Labute approximate surface area is 126 Å². The van der Waals surface area contributed by atoms with Crippen molar-refractivity contribution in [1.29, 1.82) is 0 Å². The molecule has 0 saturated carbocycles. The molecule has 0 aliphatic carbocycles. The summed E-state index contributed by atoms with van der Waals surface area (Å²) in [6.45, 7) is 2.31. The van der Waals surface area contributed by atoms with E-state index in [1.807, 2.05) is 6.92 Å². The Morgan fingerprint density at radius 1 is 1.32 bits per heavy atom. The molecule has 0 aromatic carbocycles. The molecule has 1 saturated heterocycles. The van der Waals surface area contributed by atoms with Gasteiger partial charge in [-0.3, -0.25) is 4.79 Å². The first-order valence-corrected chi connectivity index (χ1v) is 7.17. The highest BCUT2D eigenvalue weighted by Crippen LogP contribution is 2.37. The van der Waals surface area contributed by atoms with Gasteiger partial charge in [0, 0.05) is 32.8 Å². The summed E-state index contributed by atoms with van der Waals surface area (Å²) in [6, 6.07) is -0.658. The molecule has 1 rings (SSSR count). The normalized spacial score (nSPS) is 21.9. The largest absolute Gasteiger partial charge is 0.481 e. The third-order valence-corrected chi connectivity index (χ3v) is 3.54. The summed E-state index contributed by atoms with van der Waals surface area (Å²) in [4.78, 5) is 23.6. The van der Waals surface area contributed by atoms with Gasteiger partial charge in [-0.2, -0.15) is 13.2 Å². The summed E-state index contributed by atoms with van der Waals surface area (Å²) in [6.07, 6.45) is -3.25. The Hall–Kier alpha value is -1.51. The Balaban J connectivity index is 2.42. The number of halogens is 3. The number of carbonyl (C=O) groups is 2. The molecule has 22 heavy (non-hydrogen) atoms. The summed E-state index contributed by atoms with van der Waals surface area (Å²) in [5.74, 6) is -5.16. The van der Waals surface area contributed by atoms with E-state index in [-0.39, 0.29) is 0 Å². The Morgan fingerprint density at radius 2 is 2.00 bits per heavy atom.